The van der Waals surface area contributed by atoms with Crippen molar-refractivity contribution in [3.05, 3.63) is 54.7 Å². The minimum Gasteiger partial charge on any atom is -0.488 e. The normalized spacial score (nSPS) is 12.2. The Morgan fingerprint density at radius 1 is 1.50 bits per heavy atom. The summed E-state index contributed by atoms with van der Waals surface area (Å²) in [4.78, 5) is 11.3. The molecule has 1 aromatic carbocycles. The lowest BCUT2D eigenvalue weighted by atomic mass is 10.1. The van der Waals surface area contributed by atoms with E-state index in [1.807, 2.05) is 11.4 Å². The van der Waals surface area contributed by atoms with Gasteiger partial charge in [-0.05, 0) is 40.4 Å². The SMILES string of the molecule is CC(O)c1cc([N+](=O)[O-])ccc1OCc1sccc1Br. The van der Waals surface area contributed by atoms with Crippen molar-refractivity contribution in [2.24, 2.45) is 0 Å². The van der Waals surface area contributed by atoms with Crippen molar-refractivity contribution in [1.29, 1.82) is 0 Å². The van der Waals surface area contributed by atoms with E-state index in [9.17, 15) is 15.2 Å². The van der Waals surface area contributed by atoms with Crippen molar-refractivity contribution in [3.8, 4) is 5.75 Å². The van der Waals surface area contributed by atoms with E-state index < -0.39 is 11.0 Å². The predicted octanol–water partition coefficient (Wildman–Crippen LogP) is 4.05. The Balaban J connectivity index is 2.22. The van der Waals surface area contributed by atoms with Crippen molar-refractivity contribution in [2.75, 3.05) is 0 Å². The molecular weight excluding hydrogens is 346 g/mol. The largest absolute Gasteiger partial charge is 0.488 e. The predicted molar refractivity (Wildman–Crippen MR) is 80.1 cm³/mol. The van der Waals surface area contributed by atoms with E-state index in [0.29, 0.717) is 17.9 Å². The van der Waals surface area contributed by atoms with Crippen LogP contribution in [0.3, 0.4) is 0 Å². The number of nitro benzene ring substituents is 1. The third kappa shape index (κ3) is 3.36. The summed E-state index contributed by atoms with van der Waals surface area (Å²) < 4.78 is 6.62. The number of nitrogens with zero attached hydrogens (tertiary/aromatic N) is 1. The molecule has 0 amide bonds. The minimum atomic E-state index is -0.836. The first-order valence-corrected chi connectivity index (χ1v) is 7.47. The molecule has 0 bridgehead atoms. The van der Waals surface area contributed by atoms with E-state index in [-0.39, 0.29) is 5.69 Å². The average Bonchev–Trinajstić information content (AvgIpc) is 2.81. The van der Waals surface area contributed by atoms with Gasteiger partial charge in [-0.25, -0.2) is 0 Å². The van der Waals surface area contributed by atoms with Gasteiger partial charge in [0, 0.05) is 22.2 Å². The summed E-state index contributed by atoms with van der Waals surface area (Å²) in [5, 5.41) is 22.4. The smallest absolute Gasteiger partial charge is 0.270 e. The number of aliphatic hydroxyl groups is 1. The maximum atomic E-state index is 10.8. The van der Waals surface area contributed by atoms with Crippen LogP contribution in [-0.2, 0) is 6.61 Å². The van der Waals surface area contributed by atoms with Crippen LogP contribution in [0.2, 0.25) is 0 Å². The molecule has 2 rings (SSSR count). The Hall–Kier alpha value is -1.44. The Bertz CT molecular complexity index is 627. The zero-order valence-electron chi connectivity index (χ0n) is 10.6. The summed E-state index contributed by atoms with van der Waals surface area (Å²) in [6, 6.07) is 6.14. The van der Waals surface area contributed by atoms with Crippen molar-refractivity contribution in [2.45, 2.75) is 19.6 Å². The minimum absolute atomic E-state index is 0.0643. The number of halogens is 1. The standard InChI is InChI=1S/C13H12BrNO4S/c1-8(16)10-6-9(15(17)18)2-3-12(10)19-7-13-11(14)4-5-20-13/h2-6,8,16H,7H2,1H3. The van der Waals surface area contributed by atoms with Crippen LogP contribution in [0.25, 0.3) is 0 Å². The van der Waals surface area contributed by atoms with Crippen LogP contribution < -0.4 is 4.74 Å². The molecule has 0 aliphatic rings. The Morgan fingerprint density at radius 2 is 2.25 bits per heavy atom. The fourth-order valence-corrected chi connectivity index (χ4v) is 3.06. The van der Waals surface area contributed by atoms with Crippen LogP contribution in [0.1, 0.15) is 23.5 Å². The van der Waals surface area contributed by atoms with Gasteiger partial charge in [-0.2, -0.15) is 0 Å². The molecule has 1 heterocycles. The maximum Gasteiger partial charge on any atom is 0.270 e. The van der Waals surface area contributed by atoms with Crippen LogP contribution in [0.4, 0.5) is 5.69 Å². The summed E-state index contributed by atoms with van der Waals surface area (Å²) in [6.45, 7) is 1.89. The van der Waals surface area contributed by atoms with Gasteiger partial charge in [-0.3, -0.25) is 10.1 Å². The number of thiophene rings is 1. The van der Waals surface area contributed by atoms with E-state index in [1.54, 1.807) is 18.3 Å². The number of hydrogen-bond acceptors (Lipinski definition) is 5. The van der Waals surface area contributed by atoms with Gasteiger partial charge in [0.25, 0.3) is 5.69 Å². The van der Waals surface area contributed by atoms with E-state index >= 15 is 0 Å². The quantitative estimate of drug-likeness (QED) is 0.646. The number of aliphatic hydroxyl groups excluding tert-OH is 1. The molecular formula is C13H12BrNO4S. The fraction of sp³-hybridized carbons (Fsp3) is 0.231. The number of hydrogen-bond donors (Lipinski definition) is 1. The molecule has 1 aromatic heterocycles. The second-order valence-corrected chi connectivity index (χ2v) is 5.99. The molecule has 0 saturated heterocycles. The molecule has 0 aliphatic heterocycles. The zero-order valence-corrected chi connectivity index (χ0v) is 13.0. The Morgan fingerprint density at radius 3 is 2.80 bits per heavy atom. The first-order chi connectivity index (χ1) is 9.49. The molecule has 1 N–H and O–H groups in total. The van der Waals surface area contributed by atoms with Crippen LogP contribution >= 0.6 is 27.3 Å². The van der Waals surface area contributed by atoms with Gasteiger partial charge in [0.1, 0.15) is 12.4 Å². The lowest BCUT2D eigenvalue weighted by Gasteiger charge is -2.13. The Labute approximate surface area is 128 Å². The fourth-order valence-electron chi connectivity index (χ4n) is 1.68. The second-order valence-electron chi connectivity index (χ2n) is 4.14. The zero-order chi connectivity index (χ0) is 14.7. The lowest BCUT2D eigenvalue weighted by Crippen LogP contribution is -2.01. The molecule has 1 unspecified atom stereocenters. The second kappa shape index (κ2) is 6.34. The molecule has 0 saturated carbocycles. The number of rotatable bonds is 5. The highest BCUT2D eigenvalue weighted by atomic mass is 79.9. The van der Waals surface area contributed by atoms with Gasteiger partial charge >= 0.3 is 0 Å². The molecule has 5 nitrogen and oxygen atoms in total. The summed E-state index contributed by atoms with van der Waals surface area (Å²) in [5.41, 5.74) is 0.345. The van der Waals surface area contributed by atoms with Gasteiger partial charge in [0.2, 0.25) is 0 Å². The lowest BCUT2D eigenvalue weighted by molar-refractivity contribution is -0.385. The van der Waals surface area contributed by atoms with E-state index in [2.05, 4.69) is 15.9 Å². The molecule has 2 aromatic rings. The molecule has 0 fully saturated rings. The molecule has 7 heteroatoms. The number of nitro groups is 1. The van der Waals surface area contributed by atoms with Gasteiger partial charge in [0.15, 0.2) is 0 Å². The van der Waals surface area contributed by atoms with Crippen molar-refractivity contribution >= 4 is 33.0 Å². The maximum absolute atomic E-state index is 10.8. The van der Waals surface area contributed by atoms with Crippen LogP contribution in [0.15, 0.2) is 34.1 Å². The number of non-ortho nitro benzene ring substituents is 1. The number of ether oxygens (including phenoxy) is 1. The summed E-state index contributed by atoms with van der Waals surface area (Å²) in [5.74, 6) is 0.450. The topological polar surface area (TPSA) is 72.6 Å². The van der Waals surface area contributed by atoms with E-state index in [0.717, 1.165) is 9.35 Å². The van der Waals surface area contributed by atoms with Gasteiger partial charge in [-0.1, -0.05) is 0 Å². The van der Waals surface area contributed by atoms with Crippen LogP contribution in [0.5, 0.6) is 5.75 Å². The van der Waals surface area contributed by atoms with E-state index in [1.165, 1.54) is 18.2 Å². The first-order valence-electron chi connectivity index (χ1n) is 5.80. The van der Waals surface area contributed by atoms with Gasteiger partial charge in [0.05, 0.1) is 15.9 Å². The van der Waals surface area contributed by atoms with Gasteiger partial charge < -0.3 is 9.84 Å². The highest BCUT2D eigenvalue weighted by molar-refractivity contribution is 9.10. The van der Waals surface area contributed by atoms with E-state index in [4.69, 9.17) is 4.74 Å². The Kier molecular flexibility index (Phi) is 4.74. The molecule has 20 heavy (non-hydrogen) atoms. The van der Waals surface area contributed by atoms with Crippen molar-refractivity contribution in [1.82, 2.24) is 0 Å². The summed E-state index contributed by atoms with van der Waals surface area (Å²) >= 11 is 4.96. The first kappa shape index (κ1) is 15.0. The molecule has 0 radical (unpaired) electrons. The van der Waals surface area contributed by atoms with Crippen LogP contribution in [-0.4, -0.2) is 10.0 Å². The van der Waals surface area contributed by atoms with Gasteiger partial charge in [-0.15, -0.1) is 11.3 Å². The monoisotopic (exact) mass is 357 g/mol. The highest BCUT2D eigenvalue weighted by Crippen LogP contribution is 2.31. The third-order valence-corrected chi connectivity index (χ3v) is 4.60. The molecule has 106 valence electrons. The molecule has 0 spiro atoms. The van der Waals surface area contributed by atoms with Crippen molar-refractivity contribution in [3.63, 3.8) is 0 Å². The highest BCUT2D eigenvalue weighted by Gasteiger charge is 2.16. The van der Waals surface area contributed by atoms with Crippen LogP contribution in [0, 0.1) is 10.1 Å². The number of benzene rings is 1. The molecule has 1 atom stereocenters. The molecule has 0 aliphatic carbocycles. The third-order valence-electron chi connectivity index (χ3n) is 2.70. The summed E-state index contributed by atoms with van der Waals surface area (Å²) in [6.07, 6.45) is -0.836. The average molecular weight is 358 g/mol. The summed E-state index contributed by atoms with van der Waals surface area (Å²) in [7, 11) is 0. The van der Waals surface area contributed by atoms with Crippen molar-refractivity contribution < 1.29 is 14.8 Å².